The van der Waals surface area contributed by atoms with Crippen molar-refractivity contribution in [2.45, 2.75) is 13.8 Å². The maximum atomic E-state index is 13.6. The lowest BCUT2D eigenvalue weighted by atomic mass is 10.1. The average Bonchev–Trinajstić information content (AvgIpc) is 2.95. The summed E-state index contributed by atoms with van der Waals surface area (Å²) in [6.07, 6.45) is 0. The number of nitrogens with zero attached hydrogens (tertiary/aromatic N) is 1. The lowest BCUT2D eigenvalue weighted by Gasteiger charge is -2.11. The Morgan fingerprint density at radius 1 is 0.929 bits per heavy atom. The van der Waals surface area contributed by atoms with Gasteiger partial charge in [-0.05, 0) is 44.2 Å². The minimum Gasteiger partial charge on any atom is -0.479 e. The molecule has 0 spiro atoms. The molecule has 0 saturated heterocycles. The molecule has 0 radical (unpaired) electrons. The fourth-order valence-electron chi connectivity index (χ4n) is 2.93. The molecule has 1 aromatic heterocycles. The van der Waals surface area contributed by atoms with E-state index in [2.05, 4.69) is 0 Å². The second-order valence-corrected chi connectivity index (χ2v) is 6.11. The molecule has 0 aliphatic heterocycles. The SMILES string of the molecule is Cc1cc(C(=O)COc2c(F)c(F)cc(F)c2F)c(C)n1-c1ccc(F)cc1. The number of carbonyl (C=O) groups excluding carboxylic acids is 1. The summed E-state index contributed by atoms with van der Waals surface area (Å²) in [5.41, 5.74) is 1.95. The molecular weight excluding hydrogens is 381 g/mol. The first-order chi connectivity index (χ1) is 13.2. The lowest BCUT2D eigenvalue weighted by molar-refractivity contribution is 0.0913. The van der Waals surface area contributed by atoms with Gasteiger partial charge in [0.25, 0.3) is 0 Å². The molecule has 8 heteroatoms. The lowest BCUT2D eigenvalue weighted by Crippen LogP contribution is -2.15. The van der Waals surface area contributed by atoms with E-state index < -0.39 is 47.2 Å². The Kier molecular flexibility index (Phi) is 5.22. The molecule has 0 aliphatic carbocycles. The van der Waals surface area contributed by atoms with Gasteiger partial charge in [0.2, 0.25) is 17.4 Å². The van der Waals surface area contributed by atoms with Gasteiger partial charge in [0.1, 0.15) is 5.82 Å². The fourth-order valence-corrected chi connectivity index (χ4v) is 2.93. The van der Waals surface area contributed by atoms with Crippen LogP contribution in [-0.2, 0) is 0 Å². The van der Waals surface area contributed by atoms with Gasteiger partial charge < -0.3 is 9.30 Å². The molecular formula is C20H14F5NO2. The van der Waals surface area contributed by atoms with Crippen LogP contribution in [0.3, 0.4) is 0 Å². The third kappa shape index (κ3) is 3.49. The van der Waals surface area contributed by atoms with Gasteiger partial charge >= 0.3 is 0 Å². The first kappa shape index (κ1) is 19.6. The van der Waals surface area contributed by atoms with Crippen LogP contribution in [0.1, 0.15) is 21.7 Å². The van der Waals surface area contributed by atoms with Crippen molar-refractivity contribution >= 4 is 5.78 Å². The summed E-state index contributed by atoms with van der Waals surface area (Å²) >= 11 is 0. The second-order valence-electron chi connectivity index (χ2n) is 6.11. The van der Waals surface area contributed by atoms with Crippen molar-refractivity contribution in [2.24, 2.45) is 0 Å². The predicted octanol–water partition coefficient (Wildman–Crippen LogP) is 5.05. The van der Waals surface area contributed by atoms with Crippen LogP contribution < -0.4 is 4.74 Å². The molecule has 3 aromatic rings. The number of carbonyl (C=O) groups is 1. The third-order valence-electron chi connectivity index (χ3n) is 4.24. The van der Waals surface area contributed by atoms with E-state index in [1.807, 2.05) is 0 Å². The standard InChI is InChI=1S/C20H14F5NO2/c1-10-7-14(11(2)26(10)13-5-3-12(21)4-6-13)17(27)9-28-20-18(24)15(22)8-16(23)19(20)25/h3-8H,9H2,1-2H3. The van der Waals surface area contributed by atoms with Crippen LogP contribution in [0.4, 0.5) is 22.0 Å². The van der Waals surface area contributed by atoms with Crippen LogP contribution in [0.15, 0.2) is 36.4 Å². The minimum absolute atomic E-state index is 0.0513. The molecule has 0 bridgehead atoms. The number of hydrogen-bond acceptors (Lipinski definition) is 2. The predicted molar refractivity (Wildman–Crippen MR) is 91.3 cm³/mol. The number of ether oxygens (including phenoxy) is 1. The van der Waals surface area contributed by atoms with Crippen molar-refractivity contribution in [2.75, 3.05) is 6.61 Å². The summed E-state index contributed by atoms with van der Waals surface area (Å²) < 4.78 is 73.3. The molecule has 28 heavy (non-hydrogen) atoms. The van der Waals surface area contributed by atoms with Gasteiger partial charge in [-0.2, -0.15) is 8.78 Å². The molecule has 0 amide bonds. The number of benzene rings is 2. The summed E-state index contributed by atoms with van der Waals surface area (Å²) in [5.74, 6) is -9.05. The van der Waals surface area contributed by atoms with Crippen LogP contribution >= 0.6 is 0 Å². The van der Waals surface area contributed by atoms with Gasteiger partial charge in [-0.25, -0.2) is 13.2 Å². The van der Waals surface area contributed by atoms with Gasteiger partial charge in [0, 0.05) is 28.7 Å². The monoisotopic (exact) mass is 395 g/mol. The number of aromatic nitrogens is 1. The molecule has 0 atom stereocenters. The van der Waals surface area contributed by atoms with Gasteiger partial charge in [0.15, 0.2) is 24.0 Å². The maximum absolute atomic E-state index is 13.6. The van der Waals surface area contributed by atoms with Crippen LogP contribution in [-0.4, -0.2) is 17.0 Å². The Labute approximate surface area is 157 Å². The normalized spacial score (nSPS) is 11.0. The van der Waals surface area contributed by atoms with Crippen LogP contribution in [0.2, 0.25) is 0 Å². The van der Waals surface area contributed by atoms with E-state index in [4.69, 9.17) is 4.74 Å². The topological polar surface area (TPSA) is 31.2 Å². The Hall–Kier alpha value is -3.16. The minimum atomic E-state index is -1.72. The number of aryl methyl sites for hydroxylation is 1. The quantitative estimate of drug-likeness (QED) is 0.344. The van der Waals surface area contributed by atoms with Crippen molar-refractivity contribution in [3.8, 4) is 11.4 Å². The van der Waals surface area contributed by atoms with Crippen molar-refractivity contribution in [3.63, 3.8) is 0 Å². The van der Waals surface area contributed by atoms with Crippen molar-refractivity contribution in [1.82, 2.24) is 4.57 Å². The third-order valence-corrected chi connectivity index (χ3v) is 4.24. The number of hydrogen-bond donors (Lipinski definition) is 0. The number of ketones is 1. The Bertz CT molecular complexity index is 1030. The van der Waals surface area contributed by atoms with E-state index in [0.717, 1.165) is 0 Å². The summed E-state index contributed by atoms with van der Waals surface area (Å²) in [6, 6.07) is 7.17. The molecule has 0 saturated carbocycles. The highest BCUT2D eigenvalue weighted by atomic mass is 19.2. The van der Waals surface area contributed by atoms with E-state index in [-0.39, 0.29) is 11.6 Å². The Morgan fingerprint density at radius 2 is 1.50 bits per heavy atom. The van der Waals surface area contributed by atoms with Crippen molar-refractivity contribution in [1.29, 1.82) is 0 Å². The van der Waals surface area contributed by atoms with Crippen LogP contribution in [0.25, 0.3) is 5.69 Å². The number of Topliss-reactive ketones (excluding diaryl/α,β-unsaturated/α-hetero) is 1. The molecule has 0 fully saturated rings. The first-order valence-corrected chi connectivity index (χ1v) is 8.14. The molecule has 2 aromatic carbocycles. The molecule has 1 heterocycles. The highest BCUT2D eigenvalue weighted by Gasteiger charge is 2.23. The van der Waals surface area contributed by atoms with Crippen LogP contribution in [0.5, 0.6) is 5.75 Å². The van der Waals surface area contributed by atoms with Gasteiger partial charge in [0.05, 0.1) is 0 Å². The maximum Gasteiger partial charge on any atom is 0.203 e. The molecule has 3 rings (SSSR count). The number of rotatable bonds is 5. The first-order valence-electron chi connectivity index (χ1n) is 8.14. The Balaban J connectivity index is 1.87. The molecule has 0 aliphatic rings. The number of halogens is 5. The van der Waals surface area contributed by atoms with Crippen molar-refractivity contribution in [3.05, 3.63) is 82.4 Å². The van der Waals surface area contributed by atoms with E-state index in [1.54, 1.807) is 18.4 Å². The van der Waals surface area contributed by atoms with Gasteiger partial charge in [-0.3, -0.25) is 4.79 Å². The zero-order chi connectivity index (χ0) is 20.6. The fraction of sp³-hybridized carbons (Fsp3) is 0.150. The summed E-state index contributed by atoms with van der Waals surface area (Å²) in [7, 11) is 0. The largest absolute Gasteiger partial charge is 0.479 e. The zero-order valence-electron chi connectivity index (χ0n) is 14.8. The smallest absolute Gasteiger partial charge is 0.203 e. The van der Waals surface area contributed by atoms with Crippen molar-refractivity contribution < 1.29 is 31.5 Å². The summed E-state index contributed by atoms with van der Waals surface area (Å²) in [6.45, 7) is 2.52. The molecule has 0 N–H and O–H groups in total. The molecule has 0 unspecified atom stereocenters. The van der Waals surface area contributed by atoms with Gasteiger partial charge in [-0.1, -0.05) is 0 Å². The van der Waals surface area contributed by atoms with Crippen LogP contribution in [0, 0.1) is 42.9 Å². The molecule has 146 valence electrons. The van der Waals surface area contributed by atoms with E-state index in [9.17, 15) is 26.7 Å². The average molecular weight is 395 g/mol. The molecule has 3 nitrogen and oxygen atoms in total. The highest BCUT2D eigenvalue weighted by Crippen LogP contribution is 2.27. The van der Waals surface area contributed by atoms with Gasteiger partial charge in [-0.15, -0.1) is 0 Å². The van der Waals surface area contributed by atoms with E-state index in [0.29, 0.717) is 17.1 Å². The summed E-state index contributed by atoms with van der Waals surface area (Å²) in [4.78, 5) is 12.5. The van der Waals surface area contributed by atoms with E-state index in [1.165, 1.54) is 30.3 Å². The van der Waals surface area contributed by atoms with E-state index >= 15 is 0 Å². The summed E-state index contributed by atoms with van der Waals surface area (Å²) in [5, 5.41) is 0. The zero-order valence-corrected chi connectivity index (χ0v) is 14.8. The highest BCUT2D eigenvalue weighted by molar-refractivity contribution is 5.98. The Morgan fingerprint density at radius 3 is 2.07 bits per heavy atom. The second kappa shape index (κ2) is 7.46.